The molecule has 1 heterocycles. The van der Waals surface area contributed by atoms with E-state index in [9.17, 15) is 14.7 Å². The topological polar surface area (TPSA) is 82.2 Å². The van der Waals surface area contributed by atoms with E-state index in [1.807, 2.05) is 6.92 Å². The van der Waals surface area contributed by atoms with Crippen LogP contribution < -0.4 is 5.32 Å². The van der Waals surface area contributed by atoms with Crippen LogP contribution in [0.3, 0.4) is 0 Å². The van der Waals surface area contributed by atoms with Gasteiger partial charge in [0.25, 0.3) is 0 Å². The fraction of sp³-hybridized carbons (Fsp3) is 0.333. The summed E-state index contributed by atoms with van der Waals surface area (Å²) in [6, 6.07) is 5.06. The van der Waals surface area contributed by atoms with Crippen molar-refractivity contribution in [2.75, 3.05) is 6.54 Å². The Kier molecular flexibility index (Phi) is 4.85. The number of hydrogen-bond acceptors (Lipinski definition) is 2. The summed E-state index contributed by atoms with van der Waals surface area (Å²) in [5.74, 6) is -1.27. The van der Waals surface area contributed by atoms with Gasteiger partial charge >= 0.3 is 5.97 Å². The summed E-state index contributed by atoms with van der Waals surface area (Å²) in [6.45, 7) is 2.64. The minimum Gasteiger partial charge on any atom is -0.477 e. The van der Waals surface area contributed by atoms with Crippen molar-refractivity contribution in [2.45, 2.75) is 26.2 Å². The van der Waals surface area contributed by atoms with Gasteiger partial charge in [-0.2, -0.15) is 0 Å². The standard InChI is InChI=1S/C15H17ClN2O3/c1-2-3-6-17-13(19)8-11-10-7-9(16)4-5-12(10)18-14(11)15(20)21/h4-5,7,18H,2-3,6,8H2,1H3,(H,17,19)(H,20,21). The molecule has 1 amide bonds. The van der Waals surface area contributed by atoms with E-state index in [1.54, 1.807) is 18.2 Å². The lowest BCUT2D eigenvalue weighted by atomic mass is 10.1. The highest BCUT2D eigenvalue weighted by Gasteiger charge is 2.19. The zero-order chi connectivity index (χ0) is 15.4. The molecule has 6 heteroatoms. The number of carboxylic acid groups (broad SMARTS) is 1. The molecule has 2 rings (SSSR count). The molecule has 0 unspecified atom stereocenters. The molecule has 0 aliphatic rings. The number of benzene rings is 1. The average Bonchev–Trinajstić information content (AvgIpc) is 2.77. The van der Waals surface area contributed by atoms with Crippen LogP contribution in [0.15, 0.2) is 18.2 Å². The number of aromatic carboxylic acids is 1. The SMILES string of the molecule is CCCCNC(=O)Cc1c(C(=O)O)[nH]c2ccc(Cl)cc12. The second kappa shape index (κ2) is 6.63. The molecule has 112 valence electrons. The predicted molar refractivity (Wildman–Crippen MR) is 81.9 cm³/mol. The fourth-order valence-corrected chi connectivity index (χ4v) is 2.39. The second-order valence-corrected chi connectivity index (χ2v) is 5.29. The molecule has 5 nitrogen and oxygen atoms in total. The van der Waals surface area contributed by atoms with Crippen molar-refractivity contribution in [1.82, 2.24) is 10.3 Å². The monoisotopic (exact) mass is 308 g/mol. The Morgan fingerprint density at radius 1 is 1.38 bits per heavy atom. The molecule has 0 fully saturated rings. The van der Waals surface area contributed by atoms with E-state index >= 15 is 0 Å². The predicted octanol–water partition coefficient (Wildman–Crippen LogP) is 2.98. The summed E-state index contributed by atoms with van der Waals surface area (Å²) in [4.78, 5) is 26.1. The molecule has 0 aliphatic carbocycles. The van der Waals surface area contributed by atoms with E-state index < -0.39 is 5.97 Å². The number of aromatic nitrogens is 1. The van der Waals surface area contributed by atoms with Crippen molar-refractivity contribution < 1.29 is 14.7 Å². The highest BCUT2D eigenvalue weighted by molar-refractivity contribution is 6.31. The Morgan fingerprint density at radius 3 is 2.81 bits per heavy atom. The number of aromatic amines is 1. The van der Waals surface area contributed by atoms with Crippen molar-refractivity contribution in [2.24, 2.45) is 0 Å². The minimum absolute atomic E-state index is 0.0195. The van der Waals surface area contributed by atoms with E-state index in [2.05, 4.69) is 10.3 Å². The number of fused-ring (bicyclic) bond motifs is 1. The second-order valence-electron chi connectivity index (χ2n) is 4.85. The molecule has 0 bridgehead atoms. The van der Waals surface area contributed by atoms with E-state index in [0.29, 0.717) is 28.0 Å². The van der Waals surface area contributed by atoms with E-state index in [1.165, 1.54) is 0 Å². The highest BCUT2D eigenvalue weighted by atomic mass is 35.5. The van der Waals surface area contributed by atoms with Crippen molar-refractivity contribution in [1.29, 1.82) is 0 Å². The van der Waals surface area contributed by atoms with Crippen LogP contribution in [0.2, 0.25) is 5.02 Å². The number of hydrogen-bond donors (Lipinski definition) is 3. The molecule has 0 saturated carbocycles. The van der Waals surface area contributed by atoms with Crippen LogP contribution in [-0.4, -0.2) is 28.5 Å². The van der Waals surface area contributed by atoms with Crippen molar-refractivity contribution in [3.05, 3.63) is 34.5 Å². The Labute approximate surface area is 127 Å². The van der Waals surface area contributed by atoms with Gasteiger partial charge in [-0.1, -0.05) is 24.9 Å². The number of rotatable bonds is 6. The molecular formula is C15H17ClN2O3. The maximum atomic E-state index is 11.9. The minimum atomic E-state index is -1.08. The van der Waals surface area contributed by atoms with Crippen LogP contribution >= 0.6 is 11.6 Å². The first kappa shape index (κ1) is 15.4. The Hall–Kier alpha value is -2.01. The van der Waals surface area contributed by atoms with Gasteiger partial charge in [-0.05, 0) is 24.6 Å². The van der Waals surface area contributed by atoms with E-state index in [4.69, 9.17) is 11.6 Å². The maximum Gasteiger partial charge on any atom is 0.352 e. The summed E-state index contributed by atoms with van der Waals surface area (Å²) in [7, 11) is 0. The third-order valence-electron chi connectivity index (χ3n) is 3.27. The van der Waals surface area contributed by atoms with Gasteiger partial charge in [0.05, 0.1) is 6.42 Å². The van der Waals surface area contributed by atoms with E-state index in [0.717, 1.165) is 12.8 Å². The van der Waals surface area contributed by atoms with Gasteiger partial charge in [0.2, 0.25) is 5.91 Å². The molecule has 0 saturated heterocycles. The van der Waals surface area contributed by atoms with Crippen LogP contribution in [0, 0.1) is 0 Å². The smallest absolute Gasteiger partial charge is 0.352 e. The lowest BCUT2D eigenvalue weighted by Gasteiger charge is -2.05. The van der Waals surface area contributed by atoms with Crippen LogP contribution in [0.25, 0.3) is 10.9 Å². The summed E-state index contributed by atoms with van der Waals surface area (Å²) in [5, 5.41) is 13.2. The number of unbranched alkanes of at least 4 members (excludes halogenated alkanes) is 1. The van der Waals surface area contributed by atoms with Gasteiger partial charge in [0.1, 0.15) is 5.69 Å². The van der Waals surface area contributed by atoms with Crippen molar-refractivity contribution in [3.63, 3.8) is 0 Å². The van der Waals surface area contributed by atoms with Crippen LogP contribution in [0.4, 0.5) is 0 Å². The summed E-state index contributed by atoms with van der Waals surface area (Å²) < 4.78 is 0. The number of carbonyl (C=O) groups is 2. The molecule has 2 aromatic rings. The summed E-state index contributed by atoms with van der Waals surface area (Å²) in [6.07, 6.45) is 1.91. The molecule has 0 aliphatic heterocycles. The van der Waals surface area contributed by atoms with Gasteiger partial charge in [0.15, 0.2) is 0 Å². The lowest BCUT2D eigenvalue weighted by molar-refractivity contribution is -0.120. The highest BCUT2D eigenvalue weighted by Crippen LogP contribution is 2.26. The molecule has 0 atom stereocenters. The van der Waals surface area contributed by atoms with Gasteiger partial charge in [-0.3, -0.25) is 4.79 Å². The number of nitrogens with one attached hydrogen (secondary N) is 2. The molecule has 1 aromatic heterocycles. The lowest BCUT2D eigenvalue weighted by Crippen LogP contribution is -2.26. The van der Waals surface area contributed by atoms with Gasteiger partial charge in [0, 0.05) is 28.0 Å². The first-order valence-electron chi connectivity index (χ1n) is 6.83. The Bertz CT molecular complexity index is 679. The Morgan fingerprint density at radius 2 is 2.14 bits per heavy atom. The molecule has 0 radical (unpaired) electrons. The first-order chi connectivity index (χ1) is 10.0. The number of carbonyl (C=O) groups excluding carboxylic acids is 1. The maximum absolute atomic E-state index is 11.9. The average molecular weight is 309 g/mol. The van der Waals surface area contributed by atoms with Crippen molar-refractivity contribution in [3.8, 4) is 0 Å². The largest absolute Gasteiger partial charge is 0.477 e. The normalized spacial score (nSPS) is 10.8. The van der Waals surface area contributed by atoms with E-state index in [-0.39, 0.29) is 18.0 Å². The number of halogens is 1. The van der Waals surface area contributed by atoms with Crippen LogP contribution in [-0.2, 0) is 11.2 Å². The van der Waals surface area contributed by atoms with Gasteiger partial charge < -0.3 is 15.4 Å². The molecule has 0 spiro atoms. The van der Waals surface area contributed by atoms with Crippen LogP contribution in [0.5, 0.6) is 0 Å². The third-order valence-corrected chi connectivity index (χ3v) is 3.51. The van der Waals surface area contributed by atoms with Crippen molar-refractivity contribution >= 4 is 34.4 Å². The summed E-state index contributed by atoms with van der Waals surface area (Å²) >= 11 is 5.96. The van der Waals surface area contributed by atoms with Crippen LogP contribution in [0.1, 0.15) is 35.8 Å². The zero-order valence-corrected chi connectivity index (χ0v) is 12.5. The number of amides is 1. The zero-order valence-electron chi connectivity index (χ0n) is 11.7. The molecule has 1 aromatic carbocycles. The first-order valence-corrected chi connectivity index (χ1v) is 7.20. The number of carboxylic acids is 1. The fourth-order valence-electron chi connectivity index (χ4n) is 2.21. The Balaban J connectivity index is 2.31. The quantitative estimate of drug-likeness (QED) is 0.717. The number of H-pyrrole nitrogens is 1. The van der Waals surface area contributed by atoms with Gasteiger partial charge in [-0.15, -0.1) is 0 Å². The summed E-state index contributed by atoms with van der Waals surface area (Å²) in [5.41, 5.74) is 1.17. The molecular weight excluding hydrogens is 292 g/mol. The van der Waals surface area contributed by atoms with Gasteiger partial charge in [-0.25, -0.2) is 4.79 Å². The molecule has 3 N–H and O–H groups in total. The molecule has 21 heavy (non-hydrogen) atoms. The third kappa shape index (κ3) is 3.55.